The zero-order valence-electron chi connectivity index (χ0n) is 15.9. The highest BCUT2D eigenvalue weighted by atomic mass is 79.9. The van der Waals surface area contributed by atoms with Gasteiger partial charge in [0.25, 0.3) is 0 Å². The Morgan fingerprint density at radius 3 is 2.82 bits per heavy atom. The predicted octanol–water partition coefficient (Wildman–Crippen LogP) is 5.34. The number of nitrogens with one attached hydrogen (secondary N) is 1. The first-order valence-corrected chi connectivity index (χ1v) is 10.0. The van der Waals surface area contributed by atoms with E-state index in [1.165, 1.54) is 11.1 Å². The molecule has 4 rings (SSSR count). The van der Waals surface area contributed by atoms with Gasteiger partial charge in [0, 0.05) is 27.7 Å². The highest BCUT2D eigenvalue weighted by Crippen LogP contribution is 2.42. The van der Waals surface area contributed by atoms with E-state index in [-0.39, 0.29) is 18.1 Å². The van der Waals surface area contributed by atoms with E-state index in [0.717, 1.165) is 26.8 Å². The number of hydrogen-bond acceptors (Lipinski definition) is 4. The highest BCUT2D eigenvalue weighted by Gasteiger charge is 2.34. The molecule has 1 atom stereocenters. The average Bonchev–Trinajstić information content (AvgIpc) is 2.69. The van der Waals surface area contributed by atoms with Gasteiger partial charge in [-0.3, -0.25) is 4.98 Å². The van der Waals surface area contributed by atoms with Crippen LogP contribution in [0.5, 0.6) is 0 Å². The van der Waals surface area contributed by atoms with Crippen molar-refractivity contribution in [2.75, 3.05) is 5.32 Å². The van der Waals surface area contributed by atoms with E-state index in [4.69, 9.17) is 0 Å². The molecule has 0 fully saturated rings. The van der Waals surface area contributed by atoms with Crippen molar-refractivity contribution < 1.29 is 5.11 Å². The normalized spacial score (nSPS) is 18.1. The number of rotatable bonds is 4. The van der Waals surface area contributed by atoms with E-state index in [1.807, 2.05) is 18.2 Å². The fourth-order valence-electron chi connectivity index (χ4n) is 3.68. The number of fused-ring (bicyclic) bond motifs is 1. The number of nitrogens with zero attached hydrogens (tertiary/aromatic N) is 2. The van der Waals surface area contributed by atoms with Crippen LogP contribution in [0.2, 0.25) is 0 Å². The van der Waals surface area contributed by atoms with Crippen molar-refractivity contribution in [1.29, 1.82) is 0 Å². The molecule has 1 aliphatic rings. The summed E-state index contributed by atoms with van der Waals surface area (Å²) in [6.45, 7) is 4.46. The maximum absolute atomic E-state index is 9.36. The second-order valence-electron chi connectivity index (χ2n) is 7.55. The Bertz CT molecular complexity index is 1090. The Labute approximate surface area is 173 Å². The molecule has 1 aliphatic carbocycles. The fourth-order valence-corrected chi connectivity index (χ4v) is 4.08. The van der Waals surface area contributed by atoms with Gasteiger partial charge in [0.15, 0.2) is 5.82 Å². The van der Waals surface area contributed by atoms with Crippen LogP contribution >= 0.6 is 15.9 Å². The average molecular weight is 436 g/mol. The molecule has 0 radical (unpaired) electrons. The summed E-state index contributed by atoms with van der Waals surface area (Å²) in [7, 11) is 0. The molecular weight excluding hydrogens is 414 g/mol. The third kappa shape index (κ3) is 3.48. The molecule has 2 N–H and O–H groups in total. The number of aliphatic hydroxyl groups excluding tert-OH is 1. The predicted molar refractivity (Wildman–Crippen MR) is 118 cm³/mol. The Kier molecular flexibility index (Phi) is 5.04. The third-order valence-corrected chi connectivity index (χ3v) is 5.80. The zero-order chi connectivity index (χ0) is 19.7. The van der Waals surface area contributed by atoms with Crippen molar-refractivity contribution in [1.82, 2.24) is 9.97 Å². The van der Waals surface area contributed by atoms with Gasteiger partial charge >= 0.3 is 0 Å². The van der Waals surface area contributed by atoms with Gasteiger partial charge in [-0.05, 0) is 41.0 Å². The van der Waals surface area contributed by atoms with Crippen molar-refractivity contribution in [3.63, 3.8) is 0 Å². The summed E-state index contributed by atoms with van der Waals surface area (Å²) < 4.78 is 1.07. The Hall–Kier alpha value is -2.50. The van der Waals surface area contributed by atoms with Gasteiger partial charge in [0.2, 0.25) is 0 Å². The Morgan fingerprint density at radius 2 is 2.04 bits per heavy atom. The van der Waals surface area contributed by atoms with Crippen molar-refractivity contribution in [2.24, 2.45) is 5.41 Å². The molecule has 0 saturated heterocycles. The lowest BCUT2D eigenvalue weighted by Gasteiger charge is -2.38. The van der Waals surface area contributed by atoms with Crippen molar-refractivity contribution in [2.45, 2.75) is 26.5 Å². The molecule has 0 amide bonds. The van der Waals surface area contributed by atoms with Gasteiger partial charge in [-0.2, -0.15) is 0 Å². The molecule has 0 spiro atoms. The number of aliphatic hydroxyl groups is 1. The molecule has 1 unspecified atom stereocenters. The summed E-state index contributed by atoms with van der Waals surface area (Å²) in [6.07, 6.45) is 9.93. The first kappa shape index (κ1) is 18.8. The summed E-state index contributed by atoms with van der Waals surface area (Å²) in [5.74, 6) is 0.750. The van der Waals surface area contributed by atoms with Gasteiger partial charge in [-0.1, -0.05) is 60.1 Å². The zero-order valence-corrected chi connectivity index (χ0v) is 17.4. The number of benzene rings is 1. The molecule has 2 aromatic heterocycles. The highest BCUT2D eigenvalue weighted by molar-refractivity contribution is 9.10. The standard InChI is InChI=1S/C23H22BrN3O/c1-23(2)19(16-5-3-6-18(24)12-16)7-4-8-20(23)27-22-21-17(9-10-25-22)11-15(14-28)13-26-21/h3-13,20,28H,14H2,1-2H3,(H,25,27). The maximum Gasteiger partial charge on any atom is 0.153 e. The van der Waals surface area contributed by atoms with Gasteiger partial charge < -0.3 is 10.4 Å². The molecule has 3 aromatic rings. The van der Waals surface area contributed by atoms with Gasteiger partial charge in [0.1, 0.15) is 5.52 Å². The van der Waals surface area contributed by atoms with Crippen LogP contribution in [0.4, 0.5) is 5.82 Å². The topological polar surface area (TPSA) is 58.0 Å². The fraction of sp³-hybridized carbons (Fsp3) is 0.217. The molecule has 142 valence electrons. The van der Waals surface area contributed by atoms with E-state index in [2.05, 4.69) is 81.5 Å². The summed E-state index contributed by atoms with van der Waals surface area (Å²) in [5, 5.41) is 13.9. The lowest BCUT2D eigenvalue weighted by molar-refractivity contribution is 0.281. The van der Waals surface area contributed by atoms with E-state index >= 15 is 0 Å². The van der Waals surface area contributed by atoms with E-state index in [0.29, 0.717) is 0 Å². The molecule has 4 nitrogen and oxygen atoms in total. The van der Waals surface area contributed by atoms with E-state index in [9.17, 15) is 5.11 Å². The van der Waals surface area contributed by atoms with Crippen molar-refractivity contribution in [3.05, 3.63) is 82.6 Å². The van der Waals surface area contributed by atoms with Crippen LogP contribution in [0.15, 0.2) is 71.5 Å². The molecule has 28 heavy (non-hydrogen) atoms. The first-order chi connectivity index (χ1) is 13.5. The summed E-state index contributed by atoms with van der Waals surface area (Å²) in [4.78, 5) is 9.06. The third-order valence-electron chi connectivity index (χ3n) is 5.30. The minimum atomic E-state index is -0.148. The summed E-state index contributed by atoms with van der Waals surface area (Å²) in [6, 6.07) is 12.3. The van der Waals surface area contributed by atoms with Crippen LogP contribution < -0.4 is 5.32 Å². The Balaban J connectivity index is 1.68. The first-order valence-electron chi connectivity index (χ1n) is 9.25. The van der Waals surface area contributed by atoms with Gasteiger partial charge in [-0.15, -0.1) is 0 Å². The summed E-state index contributed by atoms with van der Waals surface area (Å²) in [5.41, 5.74) is 3.92. The van der Waals surface area contributed by atoms with E-state index < -0.39 is 0 Å². The monoisotopic (exact) mass is 435 g/mol. The molecule has 2 heterocycles. The molecule has 0 saturated carbocycles. The molecule has 0 aliphatic heterocycles. The van der Waals surface area contributed by atoms with Crippen LogP contribution in [-0.4, -0.2) is 21.1 Å². The van der Waals surface area contributed by atoms with Crippen LogP contribution in [0.1, 0.15) is 25.0 Å². The van der Waals surface area contributed by atoms with Crippen LogP contribution in [0.25, 0.3) is 16.5 Å². The largest absolute Gasteiger partial charge is 0.392 e. The number of anilines is 1. The quantitative estimate of drug-likeness (QED) is 0.580. The number of aromatic nitrogens is 2. The maximum atomic E-state index is 9.36. The molecular formula is C23H22BrN3O. The minimum Gasteiger partial charge on any atom is -0.392 e. The van der Waals surface area contributed by atoms with Crippen LogP contribution in [0.3, 0.4) is 0 Å². The molecule has 5 heteroatoms. The van der Waals surface area contributed by atoms with Crippen LogP contribution in [-0.2, 0) is 6.61 Å². The SMILES string of the molecule is CC1(C)C(c2cccc(Br)c2)=CC=CC1Nc1nccc2cc(CO)cnc12. The lowest BCUT2D eigenvalue weighted by Crippen LogP contribution is -2.37. The number of pyridine rings is 2. The smallest absolute Gasteiger partial charge is 0.153 e. The molecule has 0 bridgehead atoms. The number of halogens is 1. The van der Waals surface area contributed by atoms with Crippen molar-refractivity contribution >= 4 is 38.2 Å². The lowest BCUT2D eigenvalue weighted by atomic mass is 9.72. The number of hydrogen-bond donors (Lipinski definition) is 2. The minimum absolute atomic E-state index is 0.0206. The van der Waals surface area contributed by atoms with Crippen molar-refractivity contribution in [3.8, 4) is 0 Å². The van der Waals surface area contributed by atoms with Gasteiger partial charge in [0.05, 0.1) is 12.6 Å². The second kappa shape index (κ2) is 7.49. The second-order valence-corrected chi connectivity index (χ2v) is 8.47. The van der Waals surface area contributed by atoms with Crippen LogP contribution in [0, 0.1) is 5.41 Å². The summed E-state index contributed by atoms with van der Waals surface area (Å²) >= 11 is 3.58. The number of allylic oxidation sites excluding steroid dienone is 2. The van der Waals surface area contributed by atoms with Gasteiger partial charge in [-0.25, -0.2) is 4.98 Å². The molecule has 1 aromatic carbocycles. The Morgan fingerprint density at radius 1 is 1.18 bits per heavy atom. The van der Waals surface area contributed by atoms with E-state index in [1.54, 1.807) is 12.4 Å².